The smallest absolute Gasteiger partial charge is 0.256 e. The highest BCUT2D eigenvalue weighted by Crippen LogP contribution is 2.18. The molecule has 5 nitrogen and oxygen atoms in total. The van der Waals surface area contributed by atoms with Crippen molar-refractivity contribution in [2.24, 2.45) is 7.05 Å². The standard InChI is InChI=1S/C9H17N3O2/c1-4-13-6-7(2)14-9-8(10)5-12(3)11-9/h5,7H,4,6,10H2,1-3H3. The van der Waals surface area contributed by atoms with E-state index in [1.807, 2.05) is 13.8 Å². The molecular weight excluding hydrogens is 182 g/mol. The summed E-state index contributed by atoms with van der Waals surface area (Å²) in [6.07, 6.45) is 1.68. The van der Waals surface area contributed by atoms with Gasteiger partial charge >= 0.3 is 0 Å². The average molecular weight is 199 g/mol. The largest absolute Gasteiger partial charge is 0.470 e. The Morgan fingerprint density at radius 1 is 1.64 bits per heavy atom. The third-order valence-electron chi connectivity index (χ3n) is 1.69. The fraction of sp³-hybridized carbons (Fsp3) is 0.667. The summed E-state index contributed by atoms with van der Waals surface area (Å²) in [5.41, 5.74) is 6.22. The van der Waals surface area contributed by atoms with Crippen molar-refractivity contribution in [2.75, 3.05) is 18.9 Å². The first-order valence-electron chi connectivity index (χ1n) is 4.67. The quantitative estimate of drug-likeness (QED) is 0.762. The molecule has 5 heteroatoms. The van der Waals surface area contributed by atoms with Crippen molar-refractivity contribution in [2.45, 2.75) is 20.0 Å². The molecule has 2 N–H and O–H groups in total. The summed E-state index contributed by atoms with van der Waals surface area (Å²) in [5, 5.41) is 4.07. The molecule has 1 rings (SSSR count). The number of aryl methyl sites for hydroxylation is 1. The molecule has 0 amide bonds. The van der Waals surface area contributed by atoms with E-state index in [9.17, 15) is 0 Å². The van der Waals surface area contributed by atoms with Gasteiger partial charge in [-0.1, -0.05) is 0 Å². The lowest BCUT2D eigenvalue weighted by Crippen LogP contribution is -2.19. The molecule has 0 fully saturated rings. The fourth-order valence-electron chi connectivity index (χ4n) is 1.09. The molecule has 0 aliphatic heterocycles. The predicted octanol–water partition coefficient (Wildman–Crippen LogP) is 0.806. The predicted molar refractivity (Wildman–Crippen MR) is 54.2 cm³/mol. The van der Waals surface area contributed by atoms with Crippen molar-refractivity contribution in [1.82, 2.24) is 9.78 Å². The number of anilines is 1. The van der Waals surface area contributed by atoms with Gasteiger partial charge in [0.25, 0.3) is 5.88 Å². The molecular formula is C9H17N3O2. The summed E-state index contributed by atoms with van der Waals surface area (Å²) in [7, 11) is 1.80. The number of hydrogen-bond acceptors (Lipinski definition) is 4. The lowest BCUT2D eigenvalue weighted by Gasteiger charge is -2.12. The van der Waals surface area contributed by atoms with Crippen LogP contribution in [0.3, 0.4) is 0 Å². The molecule has 1 unspecified atom stereocenters. The lowest BCUT2D eigenvalue weighted by atomic mass is 10.4. The number of rotatable bonds is 5. The second kappa shape index (κ2) is 4.85. The van der Waals surface area contributed by atoms with E-state index in [-0.39, 0.29) is 6.10 Å². The van der Waals surface area contributed by atoms with Crippen LogP contribution in [0.15, 0.2) is 6.20 Å². The molecule has 0 aromatic carbocycles. The van der Waals surface area contributed by atoms with Gasteiger partial charge in [0.1, 0.15) is 11.8 Å². The topological polar surface area (TPSA) is 62.3 Å². The molecule has 14 heavy (non-hydrogen) atoms. The molecule has 0 saturated heterocycles. The maximum Gasteiger partial charge on any atom is 0.256 e. The van der Waals surface area contributed by atoms with E-state index in [0.717, 1.165) is 0 Å². The highest BCUT2D eigenvalue weighted by Gasteiger charge is 2.09. The van der Waals surface area contributed by atoms with Crippen LogP contribution in [0, 0.1) is 0 Å². The van der Waals surface area contributed by atoms with Crippen molar-refractivity contribution in [1.29, 1.82) is 0 Å². The number of nitrogens with two attached hydrogens (primary N) is 1. The van der Waals surface area contributed by atoms with Gasteiger partial charge in [0, 0.05) is 13.7 Å². The Morgan fingerprint density at radius 2 is 2.36 bits per heavy atom. The fourth-order valence-corrected chi connectivity index (χ4v) is 1.09. The molecule has 80 valence electrons. The van der Waals surface area contributed by atoms with Crippen molar-refractivity contribution < 1.29 is 9.47 Å². The molecule has 0 aliphatic carbocycles. The molecule has 0 spiro atoms. The van der Waals surface area contributed by atoms with Gasteiger partial charge in [-0.05, 0) is 13.8 Å². The Kier molecular flexibility index (Phi) is 3.76. The minimum Gasteiger partial charge on any atom is -0.470 e. The summed E-state index contributed by atoms with van der Waals surface area (Å²) in [6.45, 7) is 5.10. The molecule has 1 aromatic heterocycles. The number of ether oxygens (including phenoxy) is 2. The highest BCUT2D eigenvalue weighted by atomic mass is 16.5. The average Bonchev–Trinajstić information content (AvgIpc) is 2.42. The van der Waals surface area contributed by atoms with Gasteiger partial charge in [-0.2, -0.15) is 0 Å². The SMILES string of the molecule is CCOCC(C)Oc1nn(C)cc1N. The minimum absolute atomic E-state index is 0.0350. The zero-order valence-corrected chi connectivity index (χ0v) is 8.86. The van der Waals surface area contributed by atoms with Gasteiger partial charge in [0.2, 0.25) is 0 Å². The van der Waals surface area contributed by atoms with Crippen LogP contribution >= 0.6 is 0 Å². The minimum atomic E-state index is -0.0350. The zero-order valence-electron chi connectivity index (χ0n) is 8.86. The first-order chi connectivity index (χ1) is 6.63. The van der Waals surface area contributed by atoms with Gasteiger partial charge in [-0.15, -0.1) is 5.10 Å². The van der Waals surface area contributed by atoms with E-state index in [0.29, 0.717) is 24.8 Å². The third kappa shape index (κ3) is 2.92. The maximum atomic E-state index is 5.67. The van der Waals surface area contributed by atoms with Crippen LogP contribution in [0.25, 0.3) is 0 Å². The Hall–Kier alpha value is -1.23. The van der Waals surface area contributed by atoms with Crippen LogP contribution in [0.5, 0.6) is 5.88 Å². The van der Waals surface area contributed by atoms with Crippen LogP contribution in [-0.2, 0) is 11.8 Å². The van der Waals surface area contributed by atoms with Crippen LogP contribution in [-0.4, -0.2) is 29.1 Å². The van der Waals surface area contributed by atoms with Crippen molar-refractivity contribution in [3.05, 3.63) is 6.20 Å². The molecule has 0 bridgehead atoms. The number of nitrogen functional groups attached to an aromatic ring is 1. The second-order valence-electron chi connectivity index (χ2n) is 3.15. The maximum absolute atomic E-state index is 5.67. The number of hydrogen-bond donors (Lipinski definition) is 1. The lowest BCUT2D eigenvalue weighted by molar-refractivity contribution is 0.0634. The van der Waals surface area contributed by atoms with Gasteiger partial charge in [0.15, 0.2) is 0 Å². The summed E-state index contributed by atoms with van der Waals surface area (Å²) in [5.74, 6) is 0.472. The van der Waals surface area contributed by atoms with Gasteiger partial charge in [-0.3, -0.25) is 4.68 Å². The molecule has 0 saturated carbocycles. The summed E-state index contributed by atoms with van der Waals surface area (Å²) in [6, 6.07) is 0. The summed E-state index contributed by atoms with van der Waals surface area (Å²) < 4.78 is 12.3. The first-order valence-corrected chi connectivity index (χ1v) is 4.67. The number of nitrogens with zero attached hydrogens (tertiary/aromatic N) is 2. The van der Waals surface area contributed by atoms with Gasteiger partial charge in [0.05, 0.1) is 12.8 Å². The molecule has 0 radical (unpaired) electrons. The summed E-state index contributed by atoms with van der Waals surface area (Å²) >= 11 is 0. The molecule has 1 heterocycles. The van der Waals surface area contributed by atoms with Crippen molar-refractivity contribution >= 4 is 5.69 Å². The zero-order chi connectivity index (χ0) is 10.6. The monoisotopic (exact) mass is 199 g/mol. The van der Waals surface area contributed by atoms with E-state index in [1.54, 1.807) is 17.9 Å². The molecule has 0 aliphatic rings. The van der Waals surface area contributed by atoms with E-state index in [2.05, 4.69) is 5.10 Å². The second-order valence-corrected chi connectivity index (χ2v) is 3.15. The Morgan fingerprint density at radius 3 is 2.86 bits per heavy atom. The van der Waals surface area contributed by atoms with Crippen LogP contribution in [0.4, 0.5) is 5.69 Å². The van der Waals surface area contributed by atoms with Crippen molar-refractivity contribution in [3.8, 4) is 5.88 Å². The van der Waals surface area contributed by atoms with Crippen molar-refractivity contribution in [3.63, 3.8) is 0 Å². The molecule has 1 aromatic rings. The molecule has 1 atom stereocenters. The Labute approximate surface area is 83.8 Å². The van der Waals surface area contributed by atoms with Gasteiger partial charge < -0.3 is 15.2 Å². The Bertz CT molecular complexity index is 286. The van der Waals surface area contributed by atoms with Crippen LogP contribution < -0.4 is 10.5 Å². The van der Waals surface area contributed by atoms with Crippen LogP contribution in [0.1, 0.15) is 13.8 Å². The third-order valence-corrected chi connectivity index (χ3v) is 1.69. The number of aromatic nitrogens is 2. The van der Waals surface area contributed by atoms with Crippen LogP contribution in [0.2, 0.25) is 0 Å². The van der Waals surface area contributed by atoms with E-state index >= 15 is 0 Å². The normalized spacial score (nSPS) is 12.8. The Balaban J connectivity index is 2.47. The van der Waals surface area contributed by atoms with E-state index in [1.165, 1.54) is 0 Å². The first kappa shape index (κ1) is 10.8. The highest BCUT2D eigenvalue weighted by molar-refractivity contribution is 5.45. The van der Waals surface area contributed by atoms with E-state index < -0.39 is 0 Å². The van der Waals surface area contributed by atoms with E-state index in [4.69, 9.17) is 15.2 Å². The van der Waals surface area contributed by atoms with Gasteiger partial charge in [-0.25, -0.2) is 0 Å². The summed E-state index contributed by atoms with van der Waals surface area (Å²) in [4.78, 5) is 0.